The summed E-state index contributed by atoms with van der Waals surface area (Å²) in [6, 6.07) is 14.5. The molecule has 0 spiro atoms. The molecule has 2 aromatic rings. The summed E-state index contributed by atoms with van der Waals surface area (Å²) in [4.78, 5) is 36.5. The fourth-order valence-electron chi connectivity index (χ4n) is 2.30. The molecule has 0 aliphatic heterocycles. The molecule has 0 unspecified atom stereocenters. The van der Waals surface area contributed by atoms with Crippen LogP contribution in [-0.2, 0) is 14.3 Å². The van der Waals surface area contributed by atoms with Crippen molar-refractivity contribution in [3.05, 3.63) is 60.2 Å². The van der Waals surface area contributed by atoms with Gasteiger partial charge in [-0.2, -0.15) is 0 Å². The van der Waals surface area contributed by atoms with E-state index in [4.69, 9.17) is 9.47 Å². The summed E-state index contributed by atoms with van der Waals surface area (Å²) in [5.74, 6) is -0.864. The van der Waals surface area contributed by atoms with E-state index < -0.39 is 29.9 Å². The number of benzene rings is 2. The van der Waals surface area contributed by atoms with Gasteiger partial charge in [0.15, 0.2) is 6.10 Å². The summed E-state index contributed by atoms with van der Waals surface area (Å²) in [5, 5.41) is 5.21. The van der Waals surface area contributed by atoms with Crippen LogP contribution in [0.4, 0.5) is 5.69 Å². The molecule has 7 heteroatoms. The number of ether oxygens (including phenoxy) is 2. The van der Waals surface area contributed by atoms with Gasteiger partial charge in [-0.15, -0.1) is 0 Å². The van der Waals surface area contributed by atoms with Crippen LogP contribution in [0.15, 0.2) is 54.6 Å². The lowest BCUT2D eigenvalue weighted by atomic mass is 10.2. The summed E-state index contributed by atoms with van der Waals surface area (Å²) in [6.07, 6.45) is -1.02. The van der Waals surface area contributed by atoms with Gasteiger partial charge >= 0.3 is 5.97 Å². The molecule has 148 valence electrons. The predicted molar refractivity (Wildman–Crippen MR) is 105 cm³/mol. The Kier molecular flexibility index (Phi) is 7.56. The molecule has 0 saturated carbocycles. The SMILES string of the molecule is CCOc1ccc(NC(=O)[C@@H](C)OC(=O)[C@H](C)NC(=O)c2ccccc2)cc1. The normalized spacial score (nSPS) is 12.4. The number of carbonyl (C=O) groups is 3. The minimum Gasteiger partial charge on any atom is -0.494 e. The number of carbonyl (C=O) groups excluding carboxylic acids is 3. The van der Waals surface area contributed by atoms with Crippen LogP contribution in [0.3, 0.4) is 0 Å². The van der Waals surface area contributed by atoms with E-state index in [1.807, 2.05) is 6.92 Å². The van der Waals surface area contributed by atoms with E-state index in [9.17, 15) is 14.4 Å². The van der Waals surface area contributed by atoms with Crippen molar-refractivity contribution >= 4 is 23.5 Å². The Balaban J connectivity index is 1.84. The second-order valence-corrected chi connectivity index (χ2v) is 6.09. The van der Waals surface area contributed by atoms with Crippen LogP contribution in [0.1, 0.15) is 31.1 Å². The number of hydrogen-bond donors (Lipinski definition) is 2. The molecule has 0 fully saturated rings. The van der Waals surface area contributed by atoms with Gasteiger partial charge in [0, 0.05) is 11.3 Å². The molecule has 2 amide bonds. The summed E-state index contributed by atoms with van der Waals surface area (Å²) in [7, 11) is 0. The molecule has 0 aliphatic rings. The maximum Gasteiger partial charge on any atom is 0.329 e. The minimum absolute atomic E-state index is 0.392. The van der Waals surface area contributed by atoms with Crippen molar-refractivity contribution in [2.45, 2.75) is 32.9 Å². The predicted octanol–water partition coefficient (Wildman–Crippen LogP) is 2.77. The summed E-state index contributed by atoms with van der Waals surface area (Å²) < 4.78 is 10.5. The van der Waals surface area contributed by atoms with Crippen LogP contribution >= 0.6 is 0 Å². The van der Waals surface area contributed by atoms with Gasteiger partial charge in [0.2, 0.25) is 0 Å². The highest BCUT2D eigenvalue weighted by Gasteiger charge is 2.23. The molecule has 7 nitrogen and oxygen atoms in total. The third kappa shape index (κ3) is 6.12. The summed E-state index contributed by atoms with van der Waals surface area (Å²) in [6.45, 7) is 5.40. The lowest BCUT2D eigenvalue weighted by molar-refractivity contribution is -0.154. The Hall–Kier alpha value is -3.35. The van der Waals surface area contributed by atoms with Crippen LogP contribution < -0.4 is 15.4 Å². The molecule has 2 rings (SSSR count). The molecule has 2 N–H and O–H groups in total. The van der Waals surface area contributed by atoms with Crippen molar-refractivity contribution in [3.8, 4) is 5.75 Å². The van der Waals surface area contributed by atoms with Gasteiger partial charge in [0.1, 0.15) is 11.8 Å². The van der Waals surface area contributed by atoms with Crippen molar-refractivity contribution < 1.29 is 23.9 Å². The van der Waals surface area contributed by atoms with E-state index in [-0.39, 0.29) is 0 Å². The molecule has 0 bridgehead atoms. The number of esters is 1. The van der Waals surface area contributed by atoms with Gasteiger partial charge in [0.05, 0.1) is 6.61 Å². The molecule has 28 heavy (non-hydrogen) atoms. The molecule has 0 aliphatic carbocycles. The number of hydrogen-bond acceptors (Lipinski definition) is 5. The Bertz CT molecular complexity index is 805. The first-order chi connectivity index (χ1) is 13.4. The zero-order chi connectivity index (χ0) is 20.5. The Labute approximate surface area is 164 Å². The molecule has 0 radical (unpaired) electrons. The number of rotatable bonds is 8. The van der Waals surface area contributed by atoms with Crippen LogP contribution in [0.5, 0.6) is 5.75 Å². The van der Waals surface area contributed by atoms with E-state index in [0.717, 1.165) is 0 Å². The summed E-state index contributed by atoms with van der Waals surface area (Å²) in [5.41, 5.74) is 0.991. The van der Waals surface area contributed by atoms with Gasteiger partial charge in [-0.1, -0.05) is 18.2 Å². The van der Waals surface area contributed by atoms with E-state index in [0.29, 0.717) is 23.6 Å². The number of amides is 2. The van der Waals surface area contributed by atoms with Crippen molar-refractivity contribution in [2.75, 3.05) is 11.9 Å². The van der Waals surface area contributed by atoms with Crippen LogP contribution in [0.25, 0.3) is 0 Å². The lowest BCUT2D eigenvalue weighted by Crippen LogP contribution is -2.42. The van der Waals surface area contributed by atoms with E-state index >= 15 is 0 Å². The fourth-order valence-corrected chi connectivity index (χ4v) is 2.30. The molecule has 2 atom stereocenters. The third-order valence-electron chi connectivity index (χ3n) is 3.83. The van der Waals surface area contributed by atoms with E-state index in [1.54, 1.807) is 54.6 Å². The maximum atomic E-state index is 12.2. The first-order valence-electron chi connectivity index (χ1n) is 9.00. The molecular formula is C21H24N2O5. The topological polar surface area (TPSA) is 93.7 Å². The molecule has 2 aromatic carbocycles. The number of anilines is 1. The van der Waals surface area contributed by atoms with Crippen LogP contribution in [0, 0.1) is 0 Å². The van der Waals surface area contributed by atoms with E-state index in [2.05, 4.69) is 10.6 Å². The molecule has 0 saturated heterocycles. The quantitative estimate of drug-likeness (QED) is 0.683. The van der Waals surface area contributed by atoms with Crippen LogP contribution in [-0.4, -0.2) is 36.5 Å². The monoisotopic (exact) mass is 384 g/mol. The molecular weight excluding hydrogens is 360 g/mol. The second kappa shape index (κ2) is 10.1. The highest BCUT2D eigenvalue weighted by Crippen LogP contribution is 2.16. The van der Waals surface area contributed by atoms with Gasteiger partial charge in [-0.25, -0.2) is 4.79 Å². The standard InChI is InChI=1S/C21H24N2O5/c1-4-27-18-12-10-17(11-13-18)23-19(24)15(3)28-21(26)14(2)22-20(25)16-8-6-5-7-9-16/h5-15H,4H2,1-3H3,(H,22,25)(H,23,24)/t14-,15+/m0/s1. The Morgan fingerprint density at radius 3 is 2.21 bits per heavy atom. The average molecular weight is 384 g/mol. The van der Waals surface area contributed by atoms with Crippen molar-refractivity contribution in [3.63, 3.8) is 0 Å². The van der Waals surface area contributed by atoms with Crippen molar-refractivity contribution in [2.24, 2.45) is 0 Å². The fraction of sp³-hybridized carbons (Fsp3) is 0.286. The average Bonchev–Trinajstić information content (AvgIpc) is 2.70. The largest absolute Gasteiger partial charge is 0.494 e. The Morgan fingerprint density at radius 2 is 1.61 bits per heavy atom. The summed E-state index contributed by atoms with van der Waals surface area (Å²) >= 11 is 0. The van der Waals surface area contributed by atoms with Crippen molar-refractivity contribution in [1.82, 2.24) is 5.32 Å². The smallest absolute Gasteiger partial charge is 0.329 e. The third-order valence-corrected chi connectivity index (χ3v) is 3.83. The van der Waals surface area contributed by atoms with Crippen molar-refractivity contribution in [1.29, 1.82) is 0 Å². The first kappa shape index (κ1) is 21.0. The second-order valence-electron chi connectivity index (χ2n) is 6.09. The lowest BCUT2D eigenvalue weighted by Gasteiger charge is -2.17. The maximum absolute atomic E-state index is 12.2. The van der Waals surface area contributed by atoms with Gasteiger partial charge in [-0.05, 0) is 57.2 Å². The number of nitrogens with one attached hydrogen (secondary N) is 2. The first-order valence-corrected chi connectivity index (χ1v) is 9.00. The van der Waals surface area contributed by atoms with Crippen LogP contribution in [0.2, 0.25) is 0 Å². The van der Waals surface area contributed by atoms with E-state index in [1.165, 1.54) is 13.8 Å². The zero-order valence-electron chi connectivity index (χ0n) is 16.1. The Morgan fingerprint density at radius 1 is 0.964 bits per heavy atom. The molecule has 0 heterocycles. The zero-order valence-corrected chi connectivity index (χ0v) is 16.1. The van der Waals surface area contributed by atoms with Gasteiger partial charge in [-0.3, -0.25) is 9.59 Å². The highest BCUT2D eigenvalue weighted by atomic mass is 16.5. The van der Waals surface area contributed by atoms with Gasteiger partial charge < -0.3 is 20.1 Å². The highest BCUT2D eigenvalue weighted by molar-refractivity contribution is 5.98. The minimum atomic E-state index is -1.02. The molecule has 0 aromatic heterocycles. The van der Waals surface area contributed by atoms with Gasteiger partial charge in [0.25, 0.3) is 11.8 Å².